The summed E-state index contributed by atoms with van der Waals surface area (Å²) in [5, 5.41) is 11.9. The maximum absolute atomic E-state index is 14.3. The molecule has 0 radical (unpaired) electrons. The van der Waals surface area contributed by atoms with Gasteiger partial charge in [0, 0.05) is 38.3 Å². The van der Waals surface area contributed by atoms with Crippen LogP contribution in [0.5, 0.6) is 11.5 Å². The number of ether oxygens (including phenoxy) is 3. The van der Waals surface area contributed by atoms with Crippen molar-refractivity contribution >= 4 is 43.0 Å². The number of aliphatic hydroxyl groups excluding tert-OH is 1. The lowest BCUT2D eigenvalue weighted by atomic mass is 10.0. The number of thiophene rings is 1. The molecule has 1 amide bonds. The van der Waals surface area contributed by atoms with E-state index < -0.39 is 38.1 Å². The monoisotopic (exact) mass is 723 g/mol. The highest BCUT2D eigenvalue weighted by molar-refractivity contribution is 7.94. The van der Waals surface area contributed by atoms with E-state index in [9.17, 15) is 26.7 Å². The second-order valence-corrected chi connectivity index (χ2v) is 16.9. The summed E-state index contributed by atoms with van der Waals surface area (Å²) in [6.45, 7) is 5.65. The summed E-state index contributed by atoms with van der Waals surface area (Å²) in [5.41, 5.74) is 0.318. The molecule has 48 heavy (non-hydrogen) atoms. The lowest BCUT2D eigenvalue weighted by Crippen LogP contribution is -2.48. The molecule has 2 N–H and O–H groups in total. The molecule has 0 bridgehead atoms. The number of hydrogen-bond acceptors (Lipinski definition) is 10. The number of nitrogens with one attached hydrogen (secondary N) is 1. The molecule has 12 nitrogen and oxygen atoms in total. The first-order valence-corrected chi connectivity index (χ1v) is 19.6. The van der Waals surface area contributed by atoms with Crippen LogP contribution in [0, 0.1) is 5.92 Å². The Morgan fingerprint density at radius 1 is 1.10 bits per heavy atom. The van der Waals surface area contributed by atoms with Gasteiger partial charge in [-0.3, -0.25) is 9.52 Å². The van der Waals surface area contributed by atoms with Crippen LogP contribution in [0.3, 0.4) is 0 Å². The summed E-state index contributed by atoms with van der Waals surface area (Å²) in [6, 6.07) is 13.2. The number of methoxy groups -OCH3 is 1. The SMILES string of the molecule is COc1ccc(S(=O)(=O)N(C)C[C@H]2OCCCC[C@@H](C)Oc3ccc(NS(=O)(=O)c4cccs4)cc3C(=O)N([C@@H](C)CO)C[C@H]2C)cc1. The van der Waals surface area contributed by atoms with Crippen molar-refractivity contribution in [3.8, 4) is 11.5 Å². The molecule has 4 rings (SSSR count). The van der Waals surface area contributed by atoms with E-state index in [0.29, 0.717) is 30.9 Å². The Morgan fingerprint density at radius 2 is 1.83 bits per heavy atom. The standard InChI is InChI=1S/C33H45N3O9S3/c1-23-20-36(24(2)22-37)33(38)29-19-26(34-47(39,40)32-10-8-18-46-32)11-16-30(29)45-25(3)9-6-7-17-44-31(23)21-35(4)48(41,42)28-14-12-27(43-5)13-15-28/h8,10-16,18-19,23-25,31,34,37H,6-7,9,17,20-22H2,1-5H3/t23-,24+,25-,31-/m1/s1. The van der Waals surface area contributed by atoms with Crippen LogP contribution in [0.2, 0.25) is 0 Å². The highest BCUT2D eigenvalue weighted by Crippen LogP contribution is 2.30. The molecule has 1 aliphatic rings. The third-order valence-corrected chi connectivity index (χ3v) is 12.9. The number of fused-ring (bicyclic) bond motifs is 1. The molecule has 3 aromatic rings. The predicted octanol–water partition coefficient (Wildman–Crippen LogP) is 4.67. The van der Waals surface area contributed by atoms with Gasteiger partial charge in [0.2, 0.25) is 10.0 Å². The van der Waals surface area contributed by atoms with Gasteiger partial charge >= 0.3 is 0 Å². The number of hydrogen-bond donors (Lipinski definition) is 2. The second-order valence-electron chi connectivity index (χ2n) is 12.0. The molecule has 2 aromatic carbocycles. The Bertz CT molecular complexity index is 1720. The van der Waals surface area contributed by atoms with Gasteiger partial charge in [-0.2, -0.15) is 4.31 Å². The third kappa shape index (κ3) is 9.27. The second kappa shape index (κ2) is 16.5. The van der Waals surface area contributed by atoms with Gasteiger partial charge in [0.25, 0.3) is 15.9 Å². The van der Waals surface area contributed by atoms with Crippen LogP contribution in [-0.2, 0) is 24.8 Å². The van der Waals surface area contributed by atoms with Crippen LogP contribution in [-0.4, -0.2) is 95.8 Å². The highest BCUT2D eigenvalue weighted by atomic mass is 32.2. The molecule has 1 aliphatic heterocycles. The lowest BCUT2D eigenvalue weighted by Gasteiger charge is -2.35. The van der Waals surface area contributed by atoms with Crippen LogP contribution in [0.4, 0.5) is 5.69 Å². The number of carbonyl (C=O) groups is 1. The number of rotatable bonds is 10. The molecule has 15 heteroatoms. The zero-order valence-corrected chi connectivity index (χ0v) is 30.3. The van der Waals surface area contributed by atoms with Crippen molar-refractivity contribution in [1.82, 2.24) is 9.21 Å². The molecule has 0 aliphatic carbocycles. The number of aliphatic hydroxyl groups is 1. The van der Waals surface area contributed by atoms with Crippen LogP contribution in [0.15, 0.2) is 69.1 Å². The van der Waals surface area contributed by atoms with Crippen LogP contribution < -0.4 is 14.2 Å². The summed E-state index contributed by atoms with van der Waals surface area (Å²) in [6.07, 6.45) is 1.26. The zero-order chi connectivity index (χ0) is 35.1. The van der Waals surface area contributed by atoms with Gasteiger partial charge < -0.3 is 24.2 Å². The van der Waals surface area contributed by atoms with Crippen molar-refractivity contribution in [3.05, 3.63) is 65.5 Å². The average molecular weight is 724 g/mol. The quantitative estimate of drug-likeness (QED) is 0.304. The van der Waals surface area contributed by atoms with Gasteiger partial charge in [0.05, 0.1) is 42.4 Å². The number of nitrogens with zero attached hydrogens (tertiary/aromatic N) is 2. The van der Waals surface area contributed by atoms with E-state index in [1.807, 2.05) is 13.8 Å². The van der Waals surface area contributed by atoms with Gasteiger partial charge in [-0.15, -0.1) is 11.3 Å². The molecule has 1 aromatic heterocycles. The van der Waals surface area contributed by atoms with E-state index >= 15 is 0 Å². The first-order valence-electron chi connectivity index (χ1n) is 15.8. The Balaban J connectivity index is 1.66. The van der Waals surface area contributed by atoms with Crippen molar-refractivity contribution in [2.24, 2.45) is 5.92 Å². The van der Waals surface area contributed by atoms with E-state index in [0.717, 1.165) is 17.8 Å². The van der Waals surface area contributed by atoms with E-state index in [-0.39, 0.29) is 52.1 Å². The van der Waals surface area contributed by atoms with Gasteiger partial charge in [0.1, 0.15) is 15.7 Å². The number of amides is 1. The van der Waals surface area contributed by atoms with Crippen molar-refractivity contribution in [3.63, 3.8) is 0 Å². The molecule has 264 valence electrons. The summed E-state index contributed by atoms with van der Waals surface area (Å²) < 4.78 is 74.6. The molecule has 2 heterocycles. The van der Waals surface area contributed by atoms with Gasteiger partial charge in [0.15, 0.2) is 0 Å². The lowest BCUT2D eigenvalue weighted by molar-refractivity contribution is -0.00833. The predicted molar refractivity (Wildman–Crippen MR) is 185 cm³/mol. The molecular formula is C33H45N3O9S3. The number of sulfonamides is 2. The molecule has 4 atom stereocenters. The first-order chi connectivity index (χ1) is 22.8. The minimum absolute atomic E-state index is 0.0236. The van der Waals surface area contributed by atoms with Crippen molar-refractivity contribution in [1.29, 1.82) is 0 Å². The van der Waals surface area contributed by atoms with Crippen LogP contribution in [0.1, 0.15) is 50.4 Å². The number of carbonyl (C=O) groups excluding carboxylic acids is 1. The minimum Gasteiger partial charge on any atom is -0.497 e. The van der Waals surface area contributed by atoms with Gasteiger partial charge in [-0.25, -0.2) is 16.8 Å². The van der Waals surface area contributed by atoms with Crippen LogP contribution in [0.25, 0.3) is 0 Å². The Labute approximate surface area is 287 Å². The first kappa shape index (κ1) is 37.6. The largest absolute Gasteiger partial charge is 0.497 e. The molecule has 0 fully saturated rings. The summed E-state index contributed by atoms with van der Waals surface area (Å²) in [4.78, 5) is 15.9. The Morgan fingerprint density at radius 3 is 2.48 bits per heavy atom. The van der Waals surface area contributed by atoms with Crippen molar-refractivity contribution in [2.45, 2.75) is 67.4 Å². The van der Waals surface area contributed by atoms with E-state index in [4.69, 9.17) is 14.2 Å². The Hall–Kier alpha value is -3.21. The molecule has 0 unspecified atom stereocenters. The summed E-state index contributed by atoms with van der Waals surface area (Å²) >= 11 is 1.08. The molecular weight excluding hydrogens is 679 g/mol. The van der Waals surface area contributed by atoms with Gasteiger partial charge in [-0.1, -0.05) is 13.0 Å². The Kier molecular flexibility index (Phi) is 12.9. The third-order valence-electron chi connectivity index (χ3n) is 8.27. The molecule has 0 spiro atoms. The average Bonchev–Trinajstić information content (AvgIpc) is 3.62. The zero-order valence-electron chi connectivity index (χ0n) is 27.9. The smallest absolute Gasteiger partial charge is 0.271 e. The maximum atomic E-state index is 14.3. The summed E-state index contributed by atoms with van der Waals surface area (Å²) in [5.74, 6) is -0.0128. The fourth-order valence-corrected chi connectivity index (χ4v) is 8.58. The molecule has 0 saturated heterocycles. The van der Waals surface area contributed by atoms with E-state index in [2.05, 4.69) is 4.72 Å². The topological polar surface area (TPSA) is 152 Å². The fraction of sp³-hybridized carbons (Fsp3) is 0.485. The highest BCUT2D eigenvalue weighted by Gasteiger charge is 2.32. The van der Waals surface area contributed by atoms with Crippen molar-refractivity contribution < 1.29 is 40.9 Å². The maximum Gasteiger partial charge on any atom is 0.271 e. The van der Waals surface area contributed by atoms with Crippen LogP contribution >= 0.6 is 11.3 Å². The van der Waals surface area contributed by atoms with Crippen molar-refractivity contribution in [2.75, 3.05) is 45.2 Å². The minimum atomic E-state index is -3.89. The van der Waals surface area contributed by atoms with Gasteiger partial charge in [-0.05, 0) is 87.0 Å². The molecule has 0 saturated carbocycles. The normalized spacial score (nSPS) is 20.8. The van der Waals surface area contributed by atoms with E-state index in [1.165, 1.54) is 47.6 Å². The fourth-order valence-electron chi connectivity index (χ4n) is 5.35. The number of anilines is 1. The number of likely N-dealkylation sites (N-methyl/N-ethyl adjacent to an activating group) is 1. The summed E-state index contributed by atoms with van der Waals surface area (Å²) in [7, 11) is -4.76. The van der Waals surface area contributed by atoms with E-state index in [1.54, 1.807) is 42.6 Å². The number of benzene rings is 2.